The number of aryl methyl sites for hydroxylation is 1. The van der Waals surface area contributed by atoms with Gasteiger partial charge in [0.1, 0.15) is 11.5 Å². The molecule has 0 saturated heterocycles. The van der Waals surface area contributed by atoms with E-state index in [1.54, 1.807) is 0 Å². The van der Waals surface area contributed by atoms with Gasteiger partial charge in [-0.15, -0.1) is 0 Å². The zero-order valence-corrected chi connectivity index (χ0v) is 15.7. The van der Waals surface area contributed by atoms with Crippen molar-refractivity contribution in [1.29, 1.82) is 0 Å². The van der Waals surface area contributed by atoms with Crippen molar-refractivity contribution in [3.63, 3.8) is 0 Å². The molecular weight excluding hydrogens is 318 g/mol. The van der Waals surface area contributed by atoms with Crippen LogP contribution in [0.1, 0.15) is 64.8 Å². The van der Waals surface area contributed by atoms with Crippen LogP contribution in [0.3, 0.4) is 0 Å². The minimum absolute atomic E-state index is 0.0953. The van der Waals surface area contributed by atoms with Crippen LogP contribution in [-0.4, -0.2) is 35.4 Å². The molecule has 140 valence electrons. The Morgan fingerprint density at radius 3 is 2.76 bits per heavy atom. The summed E-state index contributed by atoms with van der Waals surface area (Å²) in [6.07, 6.45) is 6.27. The number of ether oxygens (including phenoxy) is 1. The molecule has 1 heterocycles. The molecule has 0 bridgehead atoms. The van der Waals surface area contributed by atoms with Gasteiger partial charge >= 0.3 is 0 Å². The standard InChI is InChI=1S/C19H31N3O3/c1-5-8-15-11-17(22-25-15)13-9-16(20)19(21-12(4)23)18(10-13)24-14(6-2)7-3/h10-11,14,16,18-19H,5-9,20H2,1-4H3,(H,21,23)/t16-,18+,19+/m0/s1. The maximum atomic E-state index is 11.6. The van der Waals surface area contributed by atoms with E-state index in [0.717, 1.165) is 42.7 Å². The van der Waals surface area contributed by atoms with E-state index < -0.39 is 0 Å². The van der Waals surface area contributed by atoms with Crippen LogP contribution in [0.4, 0.5) is 0 Å². The zero-order valence-electron chi connectivity index (χ0n) is 15.7. The Bertz CT molecular complexity index is 592. The smallest absolute Gasteiger partial charge is 0.217 e. The summed E-state index contributed by atoms with van der Waals surface area (Å²) < 4.78 is 11.7. The number of nitrogens with zero attached hydrogens (tertiary/aromatic N) is 1. The molecule has 1 amide bonds. The molecule has 3 atom stereocenters. The molecule has 2 rings (SSSR count). The van der Waals surface area contributed by atoms with E-state index in [4.69, 9.17) is 15.0 Å². The number of nitrogens with two attached hydrogens (primary N) is 1. The van der Waals surface area contributed by atoms with E-state index in [2.05, 4.69) is 37.3 Å². The molecular formula is C19H31N3O3. The summed E-state index contributed by atoms with van der Waals surface area (Å²) in [4.78, 5) is 11.6. The number of hydrogen-bond acceptors (Lipinski definition) is 5. The van der Waals surface area contributed by atoms with Gasteiger partial charge in [-0.3, -0.25) is 4.79 Å². The zero-order chi connectivity index (χ0) is 18.4. The molecule has 6 heteroatoms. The normalized spacial score (nSPS) is 23.6. The van der Waals surface area contributed by atoms with Crippen molar-refractivity contribution in [2.45, 2.75) is 84.1 Å². The summed E-state index contributed by atoms with van der Waals surface area (Å²) in [6.45, 7) is 7.82. The van der Waals surface area contributed by atoms with E-state index in [1.165, 1.54) is 6.92 Å². The van der Waals surface area contributed by atoms with Gasteiger partial charge in [-0.25, -0.2) is 0 Å². The van der Waals surface area contributed by atoms with E-state index in [-0.39, 0.29) is 30.2 Å². The number of carbonyl (C=O) groups is 1. The lowest BCUT2D eigenvalue weighted by Crippen LogP contribution is -2.56. The van der Waals surface area contributed by atoms with Crippen LogP contribution in [0, 0.1) is 0 Å². The first kappa shape index (κ1) is 19.7. The fraction of sp³-hybridized carbons (Fsp3) is 0.684. The van der Waals surface area contributed by atoms with Crippen LogP contribution in [0.2, 0.25) is 0 Å². The number of nitrogens with one attached hydrogen (secondary N) is 1. The molecule has 0 radical (unpaired) electrons. The predicted molar refractivity (Wildman–Crippen MR) is 97.9 cm³/mol. The average molecular weight is 349 g/mol. The van der Waals surface area contributed by atoms with Crippen molar-refractivity contribution in [3.8, 4) is 0 Å². The van der Waals surface area contributed by atoms with Crippen molar-refractivity contribution in [2.24, 2.45) is 5.73 Å². The van der Waals surface area contributed by atoms with E-state index in [1.807, 2.05) is 6.07 Å². The summed E-state index contributed by atoms with van der Waals surface area (Å²) in [6, 6.07) is 1.52. The second-order valence-electron chi connectivity index (χ2n) is 6.75. The molecule has 3 N–H and O–H groups in total. The second kappa shape index (κ2) is 9.15. The highest BCUT2D eigenvalue weighted by Gasteiger charge is 2.34. The first-order chi connectivity index (χ1) is 12.0. The van der Waals surface area contributed by atoms with Crippen LogP contribution in [-0.2, 0) is 16.0 Å². The number of amides is 1. The molecule has 0 unspecified atom stereocenters. The van der Waals surface area contributed by atoms with Crippen molar-refractivity contribution >= 4 is 11.5 Å². The maximum Gasteiger partial charge on any atom is 0.217 e. The Kier molecular flexibility index (Phi) is 7.20. The number of carbonyl (C=O) groups excluding carboxylic acids is 1. The maximum absolute atomic E-state index is 11.6. The summed E-state index contributed by atoms with van der Waals surface area (Å²) >= 11 is 0. The average Bonchev–Trinajstić information content (AvgIpc) is 3.04. The van der Waals surface area contributed by atoms with Crippen LogP contribution in [0.15, 0.2) is 16.7 Å². The molecule has 0 aliphatic heterocycles. The molecule has 1 aromatic heterocycles. The summed E-state index contributed by atoms with van der Waals surface area (Å²) in [5, 5.41) is 7.15. The molecule has 0 saturated carbocycles. The quantitative estimate of drug-likeness (QED) is 0.753. The predicted octanol–water partition coefficient (Wildman–Crippen LogP) is 2.82. The minimum atomic E-state index is -0.265. The Morgan fingerprint density at radius 2 is 2.16 bits per heavy atom. The van der Waals surface area contributed by atoms with Crippen LogP contribution >= 0.6 is 0 Å². The number of hydrogen-bond donors (Lipinski definition) is 2. The van der Waals surface area contributed by atoms with Gasteiger partial charge < -0.3 is 20.3 Å². The monoisotopic (exact) mass is 349 g/mol. The lowest BCUT2D eigenvalue weighted by molar-refractivity contribution is -0.121. The first-order valence-corrected chi connectivity index (χ1v) is 9.33. The van der Waals surface area contributed by atoms with Crippen LogP contribution in [0.25, 0.3) is 5.57 Å². The summed E-state index contributed by atoms with van der Waals surface area (Å²) in [5.41, 5.74) is 8.22. The van der Waals surface area contributed by atoms with E-state index in [0.29, 0.717) is 6.42 Å². The Labute approximate surface area is 150 Å². The first-order valence-electron chi connectivity index (χ1n) is 9.33. The van der Waals surface area contributed by atoms with Crippen molar-refractivity contribution in [1.82, 2.24) is 10.5 Å². The highest BCUT2D eigenvalue weighted by atomic mass is 16.5. The lowest BCUT2D eigenvalue weighted by atomic mass is 9.86. The fourth-order valence-corrected chi connectivity index (χ4v) is 3.26. The van der Waals surface area contributed by atoms with Gasteiger partial charge in [-0.05, 0) is 37.3 Å². The minimum Gasteiger partial charge on any atom is -0.369 e. The van der Waals surface area contributed by atoms with Gasteiger partial charge in [0, 0.05) is 25.5 Å². The highest BCUT2D eigenvalue weighted by molar-refractivity contribution is 5.74. The van der Waals surface area contributed by atoms with Gasteiger partial charge in [-0.2, -0.15) is 0 Å². The Morgan fingerprint density at radius 1 is 1.44 bits per heavy atom. The van der Waals surface area contributed by atoms with Crippen LogP contribution < -0.4 is 11.1 Å². The van der Waals surface area contributed by atoms with E-state index in [9.17, 15) is 4.79 Å². The summed E-state index contributed by atoms with van der Waals surface area (Å²) in [5.74, 6) is 0.788. The molecule has 25 heavy (non-hydrogen) atoms. The molecule has 1 aliphatic carbocycles. The van der Waals surface area contributed by atoms with Gasteiger partial charge in [0.25, 0.3) is 0 Å². The molecule has 0 aromatic carbocycles. The van der Waals surface area contributed by atoms with Gasteiger partial charge in [0.05, 0.1) is 18.2 Å². The molecule has 6 nitrogen and oxygen atoms in total. The van der Waals surface area contributed by atoms with Crippen molar-refractivity contribution < 1.29 is 14.1 Å². The Balaban J connectivity index is 2.26. The molecule has 1 aliphatic rings. The molecule has 0 fully saturated rings. The lowest BCUT2D eigenvalue weighted by Gasteiger charge is -2.36. The van der Waals surface area contributed by atoms with Gasteiger partial charge in [0.2, 0.25) is 5.91 Å². The molecule has 0 spiro atoms. The SMILES string of the molecule is CCCc1cc(C2=C[C@@H](OC(CC)CC)[C@H](NC(C)=O)[C@@H](N)C2)no1. The number of aromatic nitrogens is 1. The topological polar surface area (TPSA) is 90.4 Å². The molecule has 1 aromatic rings. The third kappa shape index (κ3) is 5.16. The third-order valence-corrected chi connectivity index (χ3v) is 4.65. The largest absolute Gasteiger partial charge is 0.369 e. The van der Waals surface area contributed by atoms with E-state index >= 15 is 0 Å². The number of rotatable bonds is 8. The second-order valence-corrected chi connectivity index (χ2v) is 6.75. The fourth-order valence-electron chi connectivity index (χ4n) is 3.26. The Hall–Kier alpha value is -1.66. The van der Waals surface area contributed by atoms with Crippen molar-refractivity contribution in [2.75, 3.05) is 0 Å². The van der Waals surface area contributed by atoms with Crippen LogP contribution in [0.5, 0.6) is 0 Å². The highest BCUT2D eigenvalue weighted by Crippen LogP contribution is 2.29. The van der Waals surface area contributed by atoms with Gasteiger partial charge in [-0.1, -0.05) is 25.9 Å². The van der Waals surface area contributed by atoms with Crippen molar-refractivity contribution in [3.05, 3.63) is 23.6 Å². The third-order valence-electron chi connectivity index (χ3n) is 4.65. The van der Waals surface area contributed by atoms with Gasteiger partial charge in [0.15, 0.2) is 0 Å². The summed E-state index contributed by atoms with van der Waals surface area (Å²) in [7, 11) is 0.